The van der Waals surface area contributed by atoms with E-state index in [0.29, 0.717) is 0 Å². The van der Waals surface area contributed by atoms with Crippen molar-refractivity contribution >= 4 is 10.8 Å². The third kappa shape index (κ3) is 4.60. The number of fused-ring (bicyclic) bond motifs is 1. The number of benzene rings is 2. The quantitative estimate of drug-likeness (QED) is 0.453. The highest BCUT2D eigenvalue weighted by Crippen LogP contribution is 2.25. The highest BCUT2D eigenvalue weighted by Gasteiger charge is 2.08. The topological polar surface area (TPSA) is 17.8 Å². The summed E-state index contributed by atoms with van der Waals surface area (Å²) in [6.07, 6.45) is 9.92. The van der Waals surface area contributed by atoms with E-state index in [1.54, 1.807) is 0 Å². The maximum atomic E-state index is 4.40. The standard InChI is InChI=1S/C23H28N2/c1-18(2)7-6-8-19(3)13-14-25-17-24-16-23(25)22-12-11-20-9-4-5-10-21(20)15-22/h4-5,7,9-12,15-17,19H,6,8,13-14H2,1-3H3. The predicted molar refractivity (Wildman–Crippen MR) is 108 cm³/mol. The molecule has 1 unspecified atom stereocenters. The molecular weight excluding hydrogens is 304 g/mol. The van der Waals surface area contributed by atoms with Gasteiger partial charge in [-0.1, -0.05) is 55.0 Å². The molecule has 3 aromatic rings. The fraction of sp³-hybridized carbons (Fsp3) is 0.348. The largest absolute Gasteiger partial charge is 0.331 e. The lowest BCUT2D eigenvalue weighted by atomic mass is 10.0. The van der Waals surface area contributed by atoms with Crippen molar-refractivity contribution < 1.29 is 0 Å². The normalized spacial score (nSPS) is 12.3. The van der Waals surface area contributed by atoms with Crippen LogP contribution in [0.25, 0.3) is 22.0 Å². The summed E-state index contributed by atoms with van der Waals surface area (Å²) in [5.74, 6) is 0.724. The molecule has 0 aliphatic heterocycles. The van der Waals surface area contributed by atoms with Crippen LogP contribution < -0.4 is 0 Å². The Morgan fingerprint density at radius 2 is 1.88 bits per heavy atom. The zero-order chi connectivity index (χ0) is 17.6. The molecule has 0 saturated heterocycles. The van der Waals surface area contributed by atoms with Crippen molar-refractivity contribution in [1.29, 1.82) is 0 Å². The fourth-order valence-corrected chi connectivity index (χ4v) is 3.25. The fourth-order valence-electron chi connectivity index (χ4n) is 3.25. The van der Waals surface area contributed by atoms with Gasteiger partial charge < -0.3 is 4.57 Å². The first-order chi connectivity index (χ1) is 12.1. The van der Waals surface area contributed by atoms with E-state index in [-0.39, 0.29) is 0 Å². The van der Waals surface area contributed by atoms with E-state index < -0.39 is 0 Å². The summed E-state index contributed by atoms with van der Waals surface area (Å²) in [6, 6.07) is 15.2. The zero-order valence-corrected chi connectivity index (χ0v) is 15.6. The Labute approximate surface area is 151 Å². The Morgan fingerprint density at radius 1 is 1.08 bits per heavy atom. The molecule has 3 rings (SSSR count). The number of allylic oxidation sites excluding steroid dienone is 2. The first kappa shape index (κ1) is 17.5. The second-order valence-electron chi connectivity index (χ2n) is 7.29. The van der Waals surface area contributed by atoms with Gasteiger partial charge in [0.2, 0.25) is 0 Å². The molecule has 0 saturated carbocycles. The van der Waals surface area contributed by atoms with Crippen LogP contribution in [0.5, 0.6) is 0 Å². The molecule has 0 aliphatic rings. The molecule has 130 valence electrons. The van der Waals surface area contributed by atoms with Gasteiger partial charge in [0.05, 0.1) is 18.2 Å². The minimum Gasteiger partial charge on any atom is -0.331 e. The maximum absolute atomic E-state index is 4.40. The number of hydrogen-bond donors (Lipinski definition) is 0. The van der Waals surface area contributed by atoms with Gasteiger partial charge in [0.25, 0.3) is 0 Å². The number of nitrogens with zero attached hydrogens (tertiary/aromatic N) is 2. The van der Waals surface area contributed by atoms with E-state index in [4.69, 9.17) is 0 Å². The molecular formula is C23H28N2. The van der Waals surface area contributed by atoms with Gasteiger partial charge in [0.1, 0.15) is 0 Å². The lowest BCUT2D eigenvalue weighted by molar-refractivity contribution is 0.456. The second-order valence-corrected chi connectivity index (χ2v) is 7.29. The van der Waals surface area contributed by atoms with Crippen LogP contribution >= 0.6 is 0 Å². The highest BCUT2D eigenvalue weighted by atomic mass is 15.0. The summed E-state index contributed by atoms with van der Waals surface area (Å²) in [5, 5.41) is 2.56. The SMILES string of the molecule is CC(C)=CCCC(C)CCn1cncc1-c1ccc2ccccc2c1. The van der Waals surface area contributed by atoms with E-state index in [9.17, 15) is 0 Å². The van der Waals surface area contributed by atoms with Gasteiger partial charge in [-0.2, -0.15) is 0 Å². The van der Waals surface area contributed by atoms with Crippen molar-refractivity contribution in [3.8, 4) is 11.3 Å². The number of aromatic nitrogens is 2. The van der Waals surface area contributed by atoms with E-state index in [1.807, 2.05) is 12.5 Å². The summed E-state index contributed by atoms with van der Waals surface area (Å²) in [6.45, 7) is 7.72. The molecule has 2 heteroatoms. The summed E-state index contributed by atoms with van der Waals surface area (Å²) < 4.78 is 2.29. The van der Waals surface area contributed by atoms with Crippen LogP contribution in [0.4, 0.5) is 0 Å². The van der Waals surface area contributed by atoms with Crippen molar-refractivity contribution in [2.24, 2.45) is 5.92 Å². The van der Waals surface area contributed by atoms with Crippen LogP contribution in [0.3, 0.4) is 0 Å². The number of rotatable bonds is 7. The van der Waals surface area contributed by atoms with Gasteiger partial charge in [-0.15, -0.1) is 0 Å². The van der Waals surface area contributed by atoms with Crippen LogP contribution in [-0.2, 0) is 6.54 Å². The molecule has 1 aromatic heterocycles. The molecule has 0 spiro atoms. The molecule has 0 amide bonds. The predicted octanol–water partition coefficient (Wildman–Crippen LogP) is 6.48. The van der Waals surface area contributed by atoms with E-state index in [1.165, 1.54) is 46.9 Å². The van der Waals surface area contributed by atoms with Crippen molar-refractivity contribution in [3.63, 3.8) is 0 Å². The summed E-state index contributed by atoms with van der Waals surface area (Å²) in [5.41, 5.74) is 3.87. The molecule has 25 heavy (non-hydrogen) atoms. The lowest BCUT2D eigenvalue weighted by Gasteiger charge is -2.13. The average molecular weight is 332 g/mol. The zero-order valence-electron chi connectivity index (χ0n) is 15.6. The Bertz CT molecular complexity index is 853. The molecule has 1 atom stereocenters. The first-order valence-corrected chi connectivity index (χ1v) is 9.26. The Morgan fingerprint density at radius 3 is 2.68 bits per heavy atom. The number of hydrogen-bond acceptors (Lipinski definition) is 1. The third-order valence-corrected chi connectivity index (χ3v) is 4.83. The van der Waals surface area contributed by atoms with Crippen LogP contribution in [-0.4, -0.2) is 9.55 Å². The minimum absolute atomic E-state index is 0.724. The monoisotopic (exact) mass is 332 g/mol. The molecule has 1 heterocycles. The second kappa shape index (κ2) is 8.15. The molecule has 2 nitrogen and oxygen atoms in total. The Balaban J connectivity index is 1.68. The first-order valence-electron chi connectivity index (χ1n) is 9.26. The van der Waals surface area contributed by atoms with E-state index >= 15 is 0 Å². The Kier molecular flexibility index (Phi) is 5.70. The van der Waals surface area contributed by atoms with Gasteiger partial charge in [0, 0.05) is 12.1 Å². The lowest BCUT2D eigenvalue weighted by Crippen LogP contribution is -2.04. The third-order valence-electron chi connectivity index (χ3n) is 4.83. The van der Waals surface area contributed by atoms with Gasteiger partial charge in [-0.3, -0.25) is 0 Å². The average Bonchev–Trinajstić information content (AvgIpc) is 3.08. The van der Waals surface area contributed by atoms with Crippen LogP contribution in [0.1, 0.15) is 40.0 Å². The van der Waals surface area contributed by atoms with Crippen LogP contribution in [0.15, 0.2) is 66.6 Å². The summed E-state index contributed by atoms with van der Waals surface area (Å²) in [4.78, 5) is 4.40. The number of aryl methyl sites for hydroxylation is 1. The number of imidazole rings is 1. The molecule has 2 aromatic carbocycles. The van der Waals surface area contributed by atoms with E-state index in [0.717, 1.165) is 12.5 Å². The summed E-state index contributed by atoms with van der Waals surface area (Å²) >= 11 is 0. The van der Waals surface area contributed by atoms with Gasteiger partial charge in [-0.05, 0) is 55.9 Å². The maximum Gasteiger partial charge on any atom is 0.0950 e. The van der Waals surface area contributed by atoms with Gasteiger partial charge >= 0.3 is 0 Å². The van der Waals surface area contributed by atoms with Gasteiger partial charge in [0.15, 0.2) is 0 Å². The molecule has 0 radical (unpaired) electrons. The molecule has 0 aliphatic carbocycles. The van der Waals surface area contributed by atoms with Crippen molar-refractivity contribution in [2.45, 2.75) is 46.6 Å². The van der Waals surface area contributed by atoms with Crippen LogP contribution in [0, 0.1) is 5.92 Å². The molecule has 0 N–H and O–H groups in total. The Hall–Kier alpha value is -2.35. The van der Waals surface area contributed by atoms with Crippen molar-refractivity contribution in [1.82, 2.24) is 9.55 Å². The minimum atomic E-state index is 0.724. The molecule has 0 fully saturated rings. The van der Waals surface area contributed by atoms with Gasteiger partial charge in [-0.25, -0.2) is 4.98 Å². The van der Waals surface area contributed by atoms with Crippen LogP contribution in [0.2, 0.25) is 0 Å². The summed E-state index contributed by atoms with van der Waals surface area (Å²) in [7, 11) is 0. The van der Waals surface area contributed by atoms with Crippen molar-refractivity contribution in [3.05, 3.63) is 66.6 Å². The highest BCUT2D eigenvalue weighted by molar-refractivity contribution is 5.86. The van der Waals surface area contributed by atoms with E-state index in [2.05, 4.69) is 78.9 Å². The smallest absolute Gasteiger partial charge is 0.0950 e. The molecule has 0 bridgehead atoms. The van der Waals surface area contributed by atoms with Crippen molar-refractivity contribution in [2.75, 3.05) is 0 Å².